The number of ether oxygens (including phenoxy) is 3. The van der Waals surface area contributed by atoms with E-state index in [9.17, 15) is 4.79 Å². The number of rotatable bonds is 2. The van der Waals surface area contributed by atoms with Gasteiger partial charge in [-0.25, -0.2) is 0 Å². The van der Waals surface area contributed by atoms with Crippen molar-refractivity contribution in [2.24, 2.45) is 5.73 Å². The minimum absolute atomic E-state index is 0.0797. The molecule has 0 aliphatic carbocycles. The van der Waals surface area contributed by atoms with Gasteiger partial charge in [0.1, 0.15) is 18.8 Å². The average molecular weight is 292 g/mol. The lowest BCUT2D eigenvalue weighted by atomic mass is 10.0. The summed E-state index contributed by atoms with van der Waals surface area (Å²) >= 11 is 0. The van der Waals surface area contributed by atoms with Crippen molar-refractivity contribution < 1.29 is 19.0 Å². The monoisotopic (exact) mass is 292 g/mol. The smallest absolute Gasteiger partial charge is 0.258 e. The van der Waals surface area contributed by atoms with Gasteiger partial charge in [0.2, 0.25) is 0 Å². The summed E-state index contributed by atoms with van der Waals surface area (Å²) in [5.74, 6) is 1.30. The lowest BCUT2D eigenvalue weighted by Gasteiger charge is -2.41. The second kappa shape index (κ2) is 5.20. The third-order valence-electron chi connectivity index (χ3n) is 3.71. The van der Waals surface area contributed by atoms with Gasteiger partial charge in [-0.15, -0.1) is 0 Å². The Morgan fingerprint density at radius 1 is 1.29 bits per heavy atom. The van der Waals surface area contributed by atoms with Crippen LogP contribution in [0.4, 0.5) is 5.69 Å². The van der Waals surface area contributed by atoms with E-state index in [4.69, 9.17) is 19.9 Å². The first-order chi connectivity index (χ1) is 10.0. The predicted molar refractivity (Wildman–Crippen MR) is 77.8 cm³/mol. The van der Waals surface area contributed by atoms with Gasteiger partial charge in [0.05, 0.1) is 12.6 Å². The number of amides is 1. The van der Waals surface area contributed by atoms with Crippen LogP contribution < -0.4 is 20.1 Å². The summed E-state index contributed by atoms with van der Waals surface area (Å²) in [6.45, 7) is 5.41. The third kappa shape index (κ3) is 2.56. The van der Waals surface area contributed by atoms with Crippen molar-refractivity contribution in [3.05, 3.63) is 18.2 Å². The minimum atomic E-state index is -0.879. The van der Waals surface area contributed by atoms with E-state index in [1.165, 1.54) is 0 Å². The summed E-state index contributed by atoms with van der Waals surface area (Å²) in [7, 11) is 0. The molecule has 1 amide bonds. The van der Waals surface area contributed by atoms with E-state index >= 15 is 0 Å². The number of nitrogens with zero attached hydrogens (tertiary/aromatic N) is 1. The van der Waals surface area contributed by atoms with E-state index in [1.54, 1.807) is 18.7 Å². The molecule has 3 rings (SSSR count). The molecule has 1 aromatic rings. The number of hydrogen-bond donors (Lipinski definition) is 1. The maximum atomic E-state index is 12.6. The first-order valence-electron chi connectivity index (χ1n) is 7.11. The molecule has 0 bridgehead atoms. The Bertz CT molecular complexity index is 559. The van der Waals surface area contributed by atoms with E-state index in [1.807, 2.05) is 18.2 Å². The van der Waals surface area contributed by atoms with E-state index in [0.717, 1.165) is 5.69 Å². The highest BCUT2D eigenvalue weighted by molar-refractivity contribution is 6.00. The van der Waals surface area contributed by atoms with Crippen molar-refractivity contribution in [1.29, 1.82) is 0 Å². The quantitative estimate of drug-likeness (QED) is 0.877. The highest BCUT2D eigenvalue weighted by atomic mass is 16.6. The van der Waals surface area contributed by atoms with Crippen LogP contribution in [0.2, 0.25) is 0 Å². The van der Waals surface area contributed by atoms with Gasteiger partial charge in [0.15, 0.2) is 11.5 Å². The summed E-state index contributed by atoms with van der Waals surface area (Å²) in [4.78, 5) is 14.3. The molecule has 1 unspecified atom stereocenters. The maximum absolute atomic E-state index is 12.6. The zero-order valence-electron chi connectivity index (χ0n) is 12.3. The molecule has 2 aliphatic heterocycles. The maximum Gasteiger partial charge on any atom is 0.258 e. The fraction of sp³-hybridized carbons (Fsp3) is 0.533. The van der Waals surface area contributed by atoms with Gasteiger partial charge in [-0.1, -0.05) is 0 Å². The molecule has 2 aliphatic rings. The van der Waals surface area contributed by atoms with Crippen LogP contribution in [-0.2, 0) is 9.53 Å². The standard InChI is InChI=1S/C15H20N2O4/c1-15(2)14(18)17(9-11(8-16)21-15)10-3-4-12-13(7-10)20-6-5-19-12/h3-4,7,11H,5-6,8-9,16H2,1-2H3. The number of morpholine rings is 1. The van der Waals surface area contributed by atoms with Crippen molar-refractivity contribution in [3.63, 3.8) is 0 Å². The van der Waals surface area contributed by atoms with Gasteiger partial charge in [-0.2, -0.15) is 0 Å². The van der Waals surface area contributed by atoms with E-state index in [0.29, 0.717) is 37.8 Å². The third-order valence-corrected chi connectivity index (χ3v) is 3.71. The molecule has 114 valence electrons. The molecular weight excluding hydrogens is 272 g/mol. The summed E-state index contributed by atoms with van der Waals surface area (Å²) in [6, 6.07) is 5.53. The highest BCUT2D eigenvalue weighted by Crippen LogP contribution is 2.36. The topological polar surface area (TPSA) is 74.0 Å². The predicted octanol–water partition coefficient (Wildman–Crippen LogP) is 0.927. The molecule has 1 fully saturated rings. The van der Waals surface area contributed by atoms with Crippen LogP contribution >= 0.6 is 0 Å². The van der Waals surface area contributed by atoms with Crippen molar-refractivity contribution >= 4 is 11.6 Å². The van der Waals surface area contributed by atoms with Crippen LogP contribution in [0.1, 0.15) is 13.8 Å². The summed E-state index contributed by atoms with van der Waals surface area (Å²) < 4.78 is 16.8. The molecule has 1 atom stereocenters. The van der Waals surface area contributed by atoms with Gasteiger partial charge in [0.25, 0.3) is 5.91 Å². The van der Waals surface area contributed by atoms with Crippen LogP contribution in [0, 0.1) is 0 Å². The Balaban J connectivity index is 1.92. The van der Waals surface area contributed by atoms with Gasteiger partial charge in [-0.3, -0.25) is 4.79 Å². The normalized spacial score (nSPS) is 24.0. The lowest BCUT2D eigenvalue weighted by Crippen LogP contribution is -2.59. The molecule has 0 aromatic heterocycles. The van der Waals surface area contributed by atoms with Crippen molar-refractivity contribution in [2.75, 3.05) is 31.2 Å². The Morgan fingerprint density at radius 2 is 2.00 bits per heavy atom. The highest BCUT2D eigenvalue weighted by Gasteiger charge is 2.41. The van der Waals surface area contributed by atoms with Crippen LogP contribution in [0.15, 0.2) is 18.2 Å². The Labute approximate surface area is 123 Å². The first-order valence-corrected chi connectivity index (χ1v) is 7.11. The fourth-order valence-electron chi connectivity index (χ4n) is 2.66. The second-order valence-corrected chi connectivity index (χ2v) is 5.73. The summed E-state index contributed by atoms with van der Waals surface area (Å²) in [5, 5.41) is 0. The number of nitrogens with two attached hydrogens (primary N) is 1. The van der Waals surface area contributed by atoms with Crippen molar-refractivity contribution in [3.8, 4) is 11.5 Å². The van der Waals surface area contributed by atoms with Crippen LogP contribution in [0.3, 0.4) is 0 Å². The number of fused-ring (bicyclic) bond motifs is 1. The van der Waals surface area contributed by atoms with Gasteiger partial charge < -0.3 is 24.8 Å². The Kier molecular flexibility index (Phi) is 3.51. The van der Waals surface area contributed by atoms with E-state index < -0.39 is 5.60 Å². The van der Waals surface area contributed by atoms with Crippen LogP contribution in [0.5, 0.6) is 11.5 Å². The number of carbonyl (C=O) groups excluding carboxylic acids is 1. The Hall–Kier alpha value is -1.79. The lowest BCUT2D eigenvalue weighted by molar-refractivity contribution is -0.153. The average Bonchev–Trinajstić information content (AvgIpc) is 2.49. The van der Waals surface area contributed by atoms with E-state index in [-0.39, 0.29) is 12.0 Å². The van der Waals surface area contributed by atoms with Gasteiger partial charge >= 0.3 is 0 Å². The number of carbonyl (C=O) groups is 1. The zero-order valence-corrected chi connectivity index (χ0v) is 12.3. The minimum Gasteiger partial charge on any atom is -0.486 e. The first kappa shape index (κ1) is 14.2. The molecule has 0 spiro atoms. The molecule has 1 aromatic carbocycles. The van der Waals surface area contributed by atoms with Gasteiger partial charge in [-0.05, 0) is 26.0 Å². The molecule has 21 heavy (non-hydrogen) atoms. The number of benzene rings is 1. The van der Waals surface area contributed by atoms with E-state index in [2.05, 4.69) is 0 Å². The molecule has 6 heteroatoms. The van der Waals surface area contributed by atoms with Gasteiger partial charge in [0, 0.05) is 18.3 Å². The number of anilines is 1. The molecular formula is C15H20N2O4. The molecule has 6 nitrogen and oxygen atoms in total. The second-order valence-electron chi connectivity index (χ2n) is 5.73. The van der Waals surface area contributed by atoms with Crippen LogP contribution in [0.25, 0.3) is 0 Å². The molecule has 0 saturated carbocycles. The van der Waals surface area contributed by atoms with Crippen molar-refractivity contribution in [1.82, 2.24) is 0 Å². The van der Waals surface area contributed by atoms with Crippen LogP contribution in [-0.4, -0.2) is 43.9 Å². The fourth-order valence-corrected chi connectivity index (χ4v) is 2.66. The largest absolute Gasteiger partial charge is 0.486 e. The molecule has 2 N–H and O–H groups in total. The summed E-state index contributed by atoms with van der Waals surface area (Å²) in [5.41, 5.74) is 5.61. The SMILES string of the molecule is CC1(C)OC(CN)CN(c2ccc3c(c2)OCCO3)C1=O. The zero-order chi connectivity index (χ0) is 15.0. The number of hydrogen-bond acceptors (Lipinski definition) is 5. The molecule has 0 radical (unpaired) electrons. The summed E-state index contributed by atoms with van der Waals surface area (Å²) in [6.07, 6.45) is -0.175. The Morgan fingerprint density at radius 3 is 2.71 bits per heavy atom. The molecule has 2 heterocycles. The molecule has 1 saturated heterocycles. The van der Waals surface area contributed by atoms with Crippen molar-refractivity contribution in [2.45, 2.75) is 25.6 Å².